The van der Waals surface area contributed by atoms with Gasteiger partial charge in [0.2, 0.25) is 0 Å². The Morgan fingerprint density at radius 3 is 2.68 bits per heavy atom. The molecule has 2 aliphatic carbocycles. The van der Waals surface area contributed by atoms with Gasteiger partial charge in [-0.25, -0.2) is 0 Å². The number of nitrogens with zero attached hydrogens (tertiary/aromatic N) is 1. The van der Waals surface area contributed by atoms with Gasteiger partial charge in [-0.05, 0) is 69.4 Å². The number of hydrogen-bond donors (Lipinski definition) is 1. The van der Waals surface area contributed by atoms with Crippen molar-refractivity contribution in [2.45, 2.75) is 77.3 Å². The molecule has 3 aliphatic rings. The molecule has 3 fully saturated rings. The monoisotopic (exact) mass is 264 g/mol. The molecule has 0 aromatic carbocycles. The van der Waals surface area contributed by atoms with Crippen LogP contribution in [0.5, 0.6) is 0 Å². The third-order valence-electron chi connectivity index (χ3n) is 5.65. The maximum atomic E-state index is 3.89. The number of rotatable bonds is 4. The number of nitrogens with one attached hydrogen (secondary N) is 1. The molecule has 0 bridgehead atoms. The van der Waals surface area contributed by atoms with E-state index in [4.69, 9.17) is 0 Å². The topological polar surface area (TPSA) is 15.3 Å². The Labute approximate surface area is 119 Å². The summed E-state index contributed by atoms with van der Waals surface area (Å²) in [5, 5.41) is 3.89. The van der Waals surface area contributed by atoms with E-state index < -0.39 is 0 Å². The fraction of sp³-hybridized carbons (Fsp3) is 1.00. The van der Waals surface area contributed by atoms with E-state index in [9.17, 15) is 0 Å². The minimum atomic E-state index is 0.590. The summed E-state index contributed by atoms with van der Waals surface area (Å²) in [4.78, 5) is 2.74. The lowest BCUT2D eigenvalue weighted by Gasteiger charge is -2.23. The average molecular weight is 264 g/mol. The Morgan fingerprint density at radius 1 is 1.05 bits per heavy atom. The van der Waals surface area contributed by atoms with Crippen molar-refractivity contribution in [3.05, 3.63) is 0 Å². The number of likely N-dealkylation sites (tertiary alicyclic amines) is 1. The Morgan fingerprint density at radius 2 is 1.89 bits per heavy atom. The smallest absolute Gasteiger partial charge is 0.00965 e. The molecule has 1 aliphatic heterocycles. The van der Waals surface area contributed by atoms with Crippen LogP contribution in [0.3, 0.4) is 0 Å². The molecule has 0 spiro atoms. The lowest BCUT2D eigenvalue weighted by Crippen LogP contribution is -2.34. The van der Waals surface area contributed by atoms with Crippen LogP contribution in [-0.2, 0) is 0 Å². The van der Waals surface area contributed by atoms with Gasteiger partial charge >= 0.3 is 0 Å². The molecule has 1 N–H and O–H groups in total. The van der Waals surface area contributed by atoms with Gasteiger partial charge in [-0.3, -0.25) is 0 Å². The summed E-state index contributed by atoms with van der Waals surface area (Å²) in [6.07, 6.45) is 11.4. The van der Waals surface area contributed by atoms with Gasteiger partial charge in [0, 0.05) is 18.6 Å². The molecular formula is C17H32N2. The van der Waals surface area contributed by atoms with Crippen LogP contribution >= 0.6 is 0 Å². The quantitative estimate of drug-likeness (QED) is 0.783. The first-order valence-corrected chi connectivity index (χ1v) is 8.60. The first kappa shape index (κ1) is 13.9. The SMILES string of the molecule is CC1(C)CCCC(NCC2CCN(C3CC3)C2)CC1. The van der Waals surface area contributed by atoms with Crippen molar-refractivity contribution in [1.82, 2.24) is 10.2 Å². The highest BCUT2D eigenvalue weighted by Gasteiger charge is 2.34. The molecule has 2 saturated carbocycles. The van der Waals surface area contributed by atoms with Crippen LogP contribution in [-0.4, -0.2) is 36.6 Å². The Hall–Kier alpha value is -0.0800. The first-order valence-electron chi connectivity index (χ1n) is 8.60. The predicted octanol–water partition coefficient (Wildman–Crippen LogP) is 3.42. The maximum Gasteiger partial charge on any atom is 0.00965 e. The Balaban J connectivity index is 1.37. The average Bonchev–Trinajstić information content (AvgIpc) is 3.14. The molecule has 2 heteroatoms. The van der Waals surface area contributed by atoms with Crippen molar-refractivity contribution in [1.29, 1.82) is 0 Å². The zero-order chi connectivity index (χ0) is 13.3. The van der Waals surface area contributed by atoms with E-state index in [-0.39, 0.29) is 0 Å². The van der Waals surface area contributed by atoms with Gasteiger partial charge in [-0.2, -0.15) is 0 Å². The molecule has 0 amide bonds. The standard InChI is InChI=1S/C17H32N2/c1-17(2)9-3-4-15(7-10-17)18-12-14-8-11-19(13-14)16-5-6-16/h14-16,18H,3-13H2,1-2H3. The van der Waals surface area contributed by atoms with Gasteiger partial charge in [-0.15, -0.1) is 0 Å². The van der Waals surface area contributed by atoms with E-state index in [0.29, 0.717) is 5.41 Å². The minimum absolute atomic E-state index is 0.590. The molecule has 0 radical (unpaired) electrons. The molecule has 1 heterocycles. The zero-order valence-corrected chi connectivity index (χ0v) is 13.0. The third-order valence-corrected chi connectivity index (χ3v) is 5.65. The van der Waals surface area contributed by atoms with Crippen LogP contribution in [0.15, 0.2) is 0 Å². The van der Waals surface area contributed by atoms with E-state index >= 15 is 0 Å². The minimum Gasteiger partial charge on any atom is -0.314 e. The van der Waals surface area contributed by atoms with Crippen LogP contribution in [0.2, 0.25) is 0 Å². The molecule has 3 rings (SSSR count). The second-order valence-electron chi connectivity index (χ2n) is 8.08. The van der Waals surface area contributed by atoms with Crippen molar-refractivity contribution in [3.63, 3.8) is 0 Å². The summed E-state index contributed by atoms with van der Waals surface area (Å²) >= 11 is 0. The Bertz CT molecular complexity index is 296. The molecular weight excluding hydrogens is 232 g/mol. The van der Waals surface area contributed by atoms with E-state index in [1.807, 2.05) is 0 Å². The van der Waals surface area contributed by atoms with Crippen molar-refractivity contribution < 1.29 is 0 Å². The van der Waals surface area contributed by atoms with E-state index in [0.717, 1.165) is 18.0 Å². The van der Waals surface area contributed by atoms with Crippen molar-refractivity contribution in [2.24, 2.45) is 11.3 Å². The lowest BCUT2D eigenvalue weighted by atomic mass is 9.85. The highest BCUT2D eigenvalue weighted by molar-refractivity contribution is 4.90. The molecule has 2 nitrogen and oxygen atoms in total. The summed E-state index contributed by atoms with van der Waals surface area (Å²) in [7, 11) is 0. The predicted molar refractivity (Wildman–Crippen MR) is 81.4 cm³/mol. The van der Waals surface area contributed by atoms with Gasteiger partial charge < -0.3 is 10.2 Å². The van der Waals surface area contributed by atoms with Gasteiger partial charge in [0.1, 0.15) is 0 Å². The highest BCUT2D eigenvalue weighted by Crippen LogP contribution is 2.34. The van der Waals surface area contributed by atoms with Crippen LogP contribution in [0.1, 0.15) is 65.2 Å². The Kier molecular flexibility index (Phi) is 4.19. The molecule has 0 aromatic heterocycles. The van der Waals surface area contributed by atoms with Crippen LogP contribution in [0.4, 0.5) is 0 Å². The molecule has 1 saturated heterocycles. The molecule has 2 unspecified atom stereocenters. The van der Waals surface area contributed by atoms with Gasteiger partial charge in [-0.1, -0.05) is 20.3 Å². The van der Waals surface area contributed by atoms with E-state index in [2.05, 4.69) is 24.1 Å². The lowest BCUT2D eigenvalue weighted by molar-refractivity contribution is 0.300. The maximum absolute atomic E-state index is 3.89. The molecule has 0 aromatic rings. The largest absolute Gasteiger partial charge is 0.314 e. The van der Waals surface area contributed by atoms with E-state index in [1.165, 1.54) is 71.0 Å². The van der Waals surface area contributed by atoms with E-state index in [1.54, 1.807) is 0 Å². The fourth-order valence-corrected chi connectivity index (χ4v) is 4.00. The molecule has 110 valence electrons. The summed E-state index contributed by atoms with van der Waals surface area (Å²) in [5.41, 5.74) is 0.590. The molecule has 2 atom stereocenters. The second kappa shape index (κ2) is 5.73. The van der Waals surface area contributed by atoms with Gasteiger partial charge in [0.15, 0.2) is 0 Å². The summed E-state index contributed by atoms with van der Waals surface area (Å²) in [5.74, 6) is 0.928. The highest BCUT2D eigenvalue weighted by atomic mass is 15.2. The van der Waals surface area contributed by atoms with Crippen LogP contribution < -0.4 is 5.32 Å². The first-order chi connectivity index (χ1) is 9.12. The van der Waals surface area contributed by atoms with Crippen molar-refractivity contribution >= 4 is 0 Å². The van der Waals surface area contributed by atoms with Crippen LogP contribution in [0, 0.1) is 11.3 Å². The van der Waals surface area contributed by atoms with Crippen molar-refractivity contribution in [3.8, 4) is 0 Å². The number of hydrogen-bond acceptors (Lipinski definition) is 2. The summed E-state index contributed by atoms with van der Waals surface area (Å²) < 4.78 is 0. The normalized spacial score (nSPS) is 36.3. The molecule has 19 heavy (non-hydrogen) atoms. The van der Waals surface area contributed by atoms with Crippen molar-refractivity contribution in [2.75, 3.05) is 19.6 Å². The zero-order valence-electron chi connectivity index (χ0n) is 13.0. The summed E-state index contributed by atoms with van der Waals surface area (Å²) in [6.45, 7) is 8.90. The van der Waals surface area contributed by atoms with Gasteiger partial charge in [0.05, 0.1) is 0 Å². The fourth-order valence-electron chi connectivity index (χ4n) is 4.00. The van der Waals surface area contributed by atoms with Crippen LogP contribution in [0.25, 0.3) is 0 Å². The third kappa shape index (κ3) is 3.95. The van der Waals surface area contributed by atoms with Gasteiger partial charge in [0.25, 0.3) is 0 Å². The summed E-state index contributed by atoms with van der Waals surface area (Å²) in [6, 6.07) is 1.78. The second-order valence-corrected chi connectivity index (χ2v) is 8.08.